The maximum Gasteiger partial charge on any atom is 0.230 e. The van der Waals surface area contributed by atoms with E-state index in [2.05, 4.69) is 40.2 Å². The molecule has 4 aromatic heterocycles. The van der Waals surface area contributed by atoms with Crippen LogP contribution in [0.25, 0.3) is 11.6 Å². The molecule has 1 saturated heterocycles. The zero-order valence-electron chi connectivity index (χ0n) is 19.4. The van der Waals surface area contributed by atoms with Crippen LogP contribution >= 0.6 is 0 Å². The van der Waals surface area contributed by atoms with Crippen LogP contribution in [0, 0.1) is 26.7 Å². The number of nitrogens with zero attached hydrogens (tertiary/aromatic N) is 9. The third-order valence-electron chi connectivity index (χ3n) is 5.96. The van der Waals surface area contributed by atoms with Crippen LogP contribution in [-0.2, 0) is 4.79 Å². The fourth-order valence-electron chi connectivity index (χ4n) is 4.28. The molecule has 0 saturated carbocycles. The number of carbonyl (C=O) groups is 1. The Hall–Kier alpha value is -4.15. The van der Waals surface area contributed by atoms with Gasteiger partial charge in [-0.1, -0.05) is 0 Å². The fourth-order valence-corrected chi connectivity index (χ4v) is 4.28. The molecule has 1 fully saturated rings. The summed E-state index contributed by atoms with van der Waals surface area (Å²) in [6.45, 7) is 7.24. The molecule has 5 rings (SSSR count). The summed E-state index contributed by atoms with van der Waals surface area (Å²) in [5.41, 5.74) is 1.94. The van der Waals surface area contributed by atoms with Gasteiger partial charge in [-0.15, -0.1) is 0 Å². The highest BCUT2D eigenvalue weighted by atomic mass is 16.2. The lowest BCUT2D eigenvalue weighted by molar-refractivity contribution is -0.120. The standard InChI is InChI=1S/C23H26N10O/c1-15-9-16(2)33(30-15)22-11-20(26-14-28-22)31-7-4-5-18(12-31)23(34)29-19-10-21(27-13-25-19)32-8-6-24-17(32)3/h6,8-11,13-14,18H,4-5,7,12H2,1-3H3,(H,25,27,29,34). The van der Waals surface area contributed by atoms with Crippen LogP contribution in [-0.4, -0.2) is 58.3 Å². The molecule has 1 amide bonds. The van der Waals surface area contributed by atoms with E-state index in [1.165, 1.54) is 6.33 Å². The first-order valence-corrected chi connectivity index (χ1v) is 11.2. The number of nitrogens with one attached hydrogen (secondary N) is 1. The maximum atomic E-state index is 13.1. The predicted molar refractivity (Wildman–Crippen MR) is 126 cm³/mol. The maximum absolute atomic E-state index is 13.1. The molecule has 1 unspecified atom stereocenters. The third kappa shape index (κ3) is 4.36. The van der Waals surface area contributed by atoms with Crippen molar-refractivity contribution in [2.24, 2.45) is 5.92 Å². The highest BCUT2D eigenvalue weighted by molar-refractivity contribution is 5.92. The molecule has 5 heterocycles. The van der Waals surface area contributed by atoms with E-state index in [1.807, 2.05) is 48.3 Å². The number of aromatic nitrogens is 8. The van der Waals surface area contributed by atoms with Gasteiger partial charge in [-0.3, -0.25) is 9.36 Å². The van der Waals surface area contributed by atoms with Crippen LogP contribution in [0.1, 0.15) is 30.1 Å². The number of piperidine rings is 1. The van der Waals surface area contributed by atoms with Gasteiger partial charge in [0.1, 0.15) is 35.9 Å². The van der Waals surface area contributed by atoms with E-state index in [0.29, 0.717) is 24.0 Å². The van der Waals surface area contributed by atoms with Crippen molar-refractivity contribution in [3.8, 4) is 11.6 Å². The van der Waals surface area contributed by atoms with Crippen molar-refractivity contribution in [3.63, 3.8) is 0 Å². The Balaban J connectivity index is 1.30. The van der Waals surface area contributed by atoms with E-state index in [0.717, 1.165) is 42.4 Å². The topological polar surface area (TPSA) is 120 Å². The Labute approximate surface area is 196 Å². The Morgan fingerprint density at radius 3 is 2.53 bits per heavy atom. The van der Waals surface area contributed by atoms with E-state index in [9.17, 15) is 4.79 Å². The zero-order valence-corrected chi connectivity index (χ0v) is 19.4. The van der Waals surface area contributed by atoms with E-state index in [1.54, 1.807) is 18.6 Å². The first-order valence-electron chi connectivity index (χ1n) is 11.2. The van der Waals surface area contributed by atoms with Crippen molar-refractivity contribution >= 4 is 17.5 Å². The molecule has 11 nitrogen and oxygen atoms in total. The normalized spacial score (nSPS) is 16.0. The number of carbonyl (C=O) groups excluding carboxylic acids is 1. The number of hydrogen-bond donors (Lipinski definition) is 1. The van der Waals surface area contributed by atoms with Crippen molar-refractivity contribution in [1.82, 2.24) is 39.3 Å². The van der Waals surface area contributed by atoms with Gasteiger partial charge < -0.3 is 10.2 Å². The SMILES string of the molecule is Cc1cc(C)n(-c2cc(N3CCCC(C(=O)Nc4cc(-n5ccnc5C)ncn4)C3)ncn2)n1. The van der Waals surface area contributed by atoms with E-state index in [4.69, 9.17) is 0 Å². The minimum absolute atomic E-state index is 0.0653. The van der Waals surface area contributed by atoms with Crippen LogP contribution in [0.15, 0.2) is 43.2 Å². The van der Waals surface area contributed by atoms with E-state index < -0.39 is 0 Å². The Kier molecular flexibility index (Phi) is 5.74. The number of amides is 1. The number of aryl methyl sites for hydroxylation is 3. The van der Waals surface area contributed by atoms with Gasteiger partial charge in [0.25, 0.3) is 0 Å². The molecule has 0 aromatic carbocycles. The van der Waals surface area contributed by atoms with Crippen molar-refractivity contribution in [3.05, 3.63) is 60.5 Å². The Bertz CT molecular complexity index is 1330. The smallest absolute Gasteiger partial charge is 0.230 e. The molecule has 174 valence electrons. The summed E-state index contributed by atoms with van der Waals surface area (Å²) in [5, 5.41) is 7.47. The summed E-state index contributed by atoms with van der Waals surface area (Å²) in [4.78, 5) is 36.8. The lowest BCUT2D eigenvalue weighted by Crippen LogP contribution is -2.41. The number of imidazole rings is 1. The minimum atomic E-state index is -0.186. The summed E-state index contributed by atoms with van der Waals surface area (Å²) in [6.07, 6.45) is 8.21. The van der Waals surface area contributed by atoms with Crippen LogP contribution in [0.4, 0.5) is 11.6 Å². The van der Waals surface area contributed by atoms with Crippen molar-refractivity contribution in [2.45, 2.75) is 33.6 Å². The van der Waals surface area contributed by atoms with Gasteiger partial charge in [-0.2, -0.15) is 5.10 Å². The molecule has 0 bridgehead atoms. The van der Waals surface area contributed by atoms with Crippen LogP contribution in [0.3, 0.4) is 0 Å². The first-order chi connectivity index (χ1) is 16.5. The molecule has 1 aliphatic heterocycles. The second kappa shape index (κ2) is 9.00. The largest absolute Gasteiger partial charge is 0.356 e. The summed E-state index contributed by atoms with van der Waals surface area (Å²) in [6, 6.07) is 5.68. The van der Waals surface area contributed by atoms with Crippen molar-refractivity contribution in [2.75, 3.05) is 23.3 Å². The van der Waals surface area contributed by atoms with Crippen LogP contribution in [0.5, 0.6) is 0 Å². The van der Waals surface area contributed by atoms with Crippen molar-refractivity contribution in [1.29, 1.82) is 0 Å². The third-order valence-corrected chi connectivity index (χ3v) is 5.96. The van der Waals surface area contributed by atoms with Crippen LogP contribution in [0.2, 0.25) is 0 Å². The average molecular weight is 459 g/mol. The molecule has 1 atom stereocenters. The van der Waals surface area contributed by atoms with Gasteiger partial charge in [0.05, 0.1) is 11.6 Å². The van der Waals surface area contributed by atoms with E-state index in [-0.39, 0.29) is 11.8 Å². The monoisotopic (exact) mass is 458 g/mol. The molecule has 1 N–H and O–H groups in total. The second-order valence-corrected chi connectivity index (χ2v) is 8.45. The molecular weight excluding hydrogens is 432 g/mol. The van der Waals surface area contributed by atoms with Gasteiger partial charge in [0, 0.05) is 43.3 Å². The van der Waals surface area contributed by atoms with Gasteiger partial charge in [-0.25, -0.2) is 29.6 Å². The fraction of sp³-hybridized carbons (Fsp3) is 0.348. The quantitative estimate of drug-likeness (QED) is 0.484. The molecule has 34 heavy (non-hydrogen) atoms. The average Bonchev–Trinajstić information content (AvgIpc) is 3.43. The van der Waals surface area contributed by atoms with E-state index >= 15 is 0 Å². The highest BCUT2D eigenvalue weighted by Crippen LogP contribution is 2.24. The lowest BCUT2D eigenvalue weighted by Gasteiger charge is -2.32. The Morgan fingerprint density at radius 2 is 1.76 bits per heavy atom. The van der Waals surface area contributed by atoms with Gasteiger partial charge >= 0.3 is 0 Å². The zero-order chi connectivity index (χ0) is 23.7. The van der Waals surface area contributed by atoms with Crippen LogP contribution < -0.4 is 10.2 Å². The molecule has 0 aliphatic carbocycles. The molecule has 0 spiro atoms. The number of rotatable bonds is 5. The summed E-state index contributed by atoms with van der Waals surface area (Å²) < 4.78 is 3.65. The highest BCUT2D eigenvalue weighted by Gasteiger charge is 2.27. The summed E-state index contributed by atoms with van der Waals surface area (Å²) in [5.74, 6) is 3.18. The van der Waals surface area contributed by atoms with Crippen molar-refractivity contribution < 1.29 is 4.79 Å². The second-order valence-electron chi connectivity index (χ2n) is 8.45. The molecular formula is C23H26N10O. The molecule has 4 aromatic rings. The molecule has 11 heteroatoms. The lowest BCUT2D eigenvalue weighted by atomic mass is 9.97. The predicted octanol–water partition coefficient (Wildman–Crippen LogP) is 2.42. The van der Waals surface area contributed by atoms with Gasteiger partial charge in [-0.05, 0) is 39.7 Å². The van der Waals surface area contributed by atoms with Gasteiger partial charge in [0.15, 0.2) is 5.82 Å². The van der Waals surface area contributed by atoms with Gasteiger partial charge in [0.2, 0.25) is 5.91 Å². The molecule has 0 radical (unpaired) electrons. The summed E-state index contributed by atoms with van der Waals surface area (Å²) >= 11 is 0. The number of hydrogen-bond acceptors (Lipinski definition) is 8. The minimum Gasteiger partial charge on any atom is -0.356 e. The summed E-state index contributed by atoms with van der Waals surface area (Å²) in [7, 11) is 0. The Morgan fingerprint density at radius 1 is 0.971 bits per heavy atom. The molecule has 1 aliphatic rings. The number of anilines is 2. The first kappa shape index (κ1) is 21.7.